The molecule has 2 aliphatic rings. The zero-order valence-corrected chi connectivity index (χ0v) is 26.3. The van der Waals surface area contributed by atoms with Crippen LogP contribution in [0.2, 0.25) is 0 Å². The summed E-state index contributed by atoms with van der Waals surface area (Å²) in [6, 6.07) is -1.24. The van der Waals surface area contributed by atoms with Crippen molar-refractivity contribution in [2.75, 3.05) is 13.2 Å². The smallest absolute Gasteiger partial charge is 0.407 e. The first-order valence-corrected chi connectivity index (χ1v) is 14.6. The summed E-state index contributed by atoms with van der Waals surface area (Å²) in [5.74, 6) is -0.993. The van der Waals surface area contributed by atoms with Crippen molar-refractivity contribution in [3.05, 3.63) is 10.4 Å². The summed E-state index contributed by atoms with van der Waals surface area (Å²) >= 11 is 0. The van der Waals surface area contributed by atoms with Gasteiger partial charge in [0.1, 0.15) is 11.2 Å². The number of amides is 2. The minimum absolute atomic E-state index is 0. The SMILES string of the molecule is C.CCOC(=O)[C@@H]1CCC(N=[N+]=[N-])[C@@H](NC(=O)OC(C)(C)C)C1.CCOC(=O)[C@@H]1CC[C@@H](N)C(NC(=O)OC(C)(C)C)C1. The minimum Gasteiger partial charge on any atom is -0.466 e. The van der Waals surface area contributed by atoms with Crippen molar-refractivity contribution in [2.24, 2.45) is 22.7 Å². The van der Waals surface area contributed by atoms with Gasteiger partial charge in [-0.25, -0.2) is 9.59 Å². The summed E-state index contributed by atoms with van der Waals surface area (Å²) in [6.07, 6.45) is 2.28. The highest BCUT2D eigenvalue weighted by atomic mass is 16.6. The number of esters is 2. The number of nitrogens with zero attached hydrogens (tertiary/aromatic N) is 3. The van der Waals surface area contributed by atoms with Gasteiger partial charge in [0.2, 0.25) is 0 Å². The van der Waals surface area contributed by atoms with E-state index in [1.54, 1.807) is 55.4 Å². The van der Waals surface area contributed by atoms with Gasteiger partial charge in [-0.2, -0.15) is 0 Å². The van der Waals surface area contributed by atoms with Crippen molar-refractivity contribution in [1.82, 2.24) is 10.6 Å². The Balaban J connectivity index is 0.000000805. The number of azide groups is 1. The molecule has 2 aliphatic carbocycles. The first-order valence-electron chi connectivity index (χ1n) is 14.6. The molecule has 2 saturated carbocycles. The van der Waals surface area contributed by atoms with E-state index in [9.17, 15) is 19.2 Å². The molecule has 0 aromatic heterocycles. The molecule has 0 aromatic rings. The Bertz CT molecular complexity index is 958. The molecule has 2 unspecified atom stereocenters. The molecule has 6 atom stereocenters. The highest BCUT2D eigenvalue weighted by Crippen LogP contribution is 2.28. The lowest BCUT2D eigenvalue weighted by atomic mass is 9.82. The first-order chi connectivity index (χ1) is 19.5. The van der Waals surface area contributed by atoms with Gasteiger partial charge in [-0.15, -0.1) is 0 Å². The molecule has 0 bridgehead atoms. The zero-order valence-electron chi connectivity index (χ0n) is 26.3. The predicted molar refractivity (Wildman–Crippen MR) is 162 cm³/mol. The Morgan fingerprint density at radius 3 is 1.63 bits per heavy atom. The molecule has 0 saturated heterocycles. The van der Waals surface area contributed by atoms with Crippen LogP contribution < -0.4 is 16.4 Å². The number of nitrogens with two attached hydrogens (primary N) is 1. The predicted octanol–water partition coefficient (Wildman–Crippen LogP) is 5.13. The first kappa shape index (κ1) is 39.8. The lowest BCUT2D eigenvalue weighted by molar-refractivity contribution is -0.150. The summed E-state index contributed by atoms with van der Waals surface area (Å²) in [5.41, 5.74) is 13.5. The van der Waals surface area contributed by atoms with Crippen molar-refractivity contribution < 1.29 is 38.1 Å². The maximum atomic E-state index is 11.9. The monoisotopic (exact) mass is 614 g/mol. The van der Waals surface area contributed by atoms with E-state index < -0.39 is 29.4 Å². The number of carbonyl (C=O) groups excluding carboxylic acids is 4. The molecule has 248 valence electrons. The quantitative estimate of drug-likeness (QED) is 0.114. The van der Waals surface area contributed by atoms with Crippen LogP contribution in [0.4, 0.5) is 9.59 Å². The molecule has 0 heterocycles. The fourth-order valence-electron chi connectivity index (χ4n) is 4.74. The number of rotatable bonds is 7. The second-order valence-corrected chi connectivity index (χ2v) is 12.5. The van der Waals surface area contributed by atoms with E-state index in [1.165, 1.54) is 0 Å². The van der Waals surface area contributed by atoms with Gasteiger partial charge in [-0.1, -0.05) is 12.5 Å². The highest BCUT2D eigenvalue weighted by Gasteiger charge is 2.36. The average Bonchev–Trinajstić information content (AvgIpc) is 2.85. The Morgan fingerprint density at radius 2 is 1.21 bits per heavy atom. The number of hydrogen-bond acceptors (Lipinski definition) is 10. The third kappa shape index (κ3) is 15.7. The summed E-state index contributed by atoms with van der Waals surface area (Å²) in [4.78, 5) is 50.1. The number of ether oxygens (including phenoxy) is 4. The maximum Gasteiger partial charge on any atom is 0.407 e. The van der Waals surface area contributed by atoms with Crippen LogP contribution in [0.25, 0.3) is 10.4 Å². The second-order valence-electron chi connectivity index (χ2n) is 12.5. The number of alkyl carbamates (subject to hydrolysis) is 2. The third-order valence-corrected chi connectivity index (χ3v) is 6.56. The van der Waals surface area contributed by atoms with Gasteiger partial charge >= 0.3 is 24.1 Å². The third-order valence-electron chi connectivity index (χ3n) is 6.56. The Kier molecular flexibility index (Phi) is 17.0. The van der Waals surface area contributed by atoms with Crippen molar-refractivity contribution in [2.45, 2.75) is 137 Å². The van der Waals surface area contributed by atoms with E-state index in [0.717, 1.165) is 0 Å². The molecule has 4 N–H and O–H groups in total. The van der Waals surface area contributed by atoms with Crippen molar-refractivity contribution in [1.29, 1.82) is 0 Å². The molecule has 14 nitrogen and oxygen atoms in total. The van der Waals surface area contributed by atoms with E-state index in [0.29, 0.717) is 51.7 Å². The number of carbonyl (C=O) groups is 4. The number of nitrogens with one attached hydrogen (secondary N) is 2. The molecule has 0 spiro atoms. The molecule has 0 radical (unpaired) electrons. The maximum absolute atomic E-state index is 11.9. The largest absolute Gasteiger partial charge is 0.466 e. The van der Waals surface area contributed by atoms with Crippen LogP contribution in [-0.4, -0.2) is 72.7 Å². The van der Waals surface area contributed by atoms with E-state index in [4.69, 9.17) is 30.2 Å². The van der Waals surface area contributed by atoms with Crippen LogP contribution >= 0.6 is 0 Å². The van der Waals surface area contributed by atoms with Crippen LogP contribution in [0.5, 0.6) is 0 Å². The molecular weight excluding hydrogens is 560 g/mol. The average molecular weight is 615 g/mol. The van der Waals surface area contributed by atoms with Crippen LogP contribution in [0.3, 0.4) is 0 Å². The standard InChI is InChI=1S/C14H24N4O4.C14H26N2O4.CH4/c1-5-21-12(19)9-6-7-10(17-18-15)11(8-9)16-13(20)22-14(2,3)4;1-5-19-12(17)9-6-7-10(15)11(8-9)16-13(18)20-14(2,3)4;/h9-11H,5-8H2,1-4H3,(H,16,20);9-11H,5-8,15H2,1-4H3,(H,16,18);1H4/t9-,10?,11+;9-,10-,11?;/m11./s1. The fraction of sp³-hybridized carbons (Fsp3) is 0.862. The van der Waals surface area contributed by atoms with Gasteiger partial charge in [0.25, 0.3) is 0 Å². The molecule has 0 aromatic carbocycles. The van der Waals surface area contributed by atoms with Gasteiger partial charge in [-0.05, 0) is 99.4 Å². The summed E-state index contributed by atoms with van der Waals surface area (Å²) in [7, 11) is 0. The van der Waals surface area contributed by atoms with Crippen molar-refractivity contribution in [3.8, 4) is 0 Å². The Hall–Kier alpha value is -3.25. The van der Waals surface area contributed by atoms with Gasteiger partial charge in [0.05, 0.1) is 31.1 Å². The van der Waals surface area contributed by atoms with Gasteiger partial charge in [0.15, 0.2) is 0 Å². The normalized spacial score (nSPS) is 25.1. The molecule has 43 heavy (non-hydrogen) atoms. The minimum atomic E-state index is -0.618. The summed E-state index contributed by atoms with van der Waals surface area (Å²) in [5, 5.41) is 9.17. The molecule has 2 amide bonds. The zero-order chi connectivity index (χ0) is 32.1. The summed E-state index contributed by atoms with van der Waals surface area (Å²) < 4.78 is 20.5. The fourth-order valence-corrected chi connectivity index (χ4v) is 4.74. The van der Waals surface area contributed by atoms with E-state index >= 15 is 0 Å². The van der Waals surface area contributed by atoms with Crippen molar-refractivity contribution in [3.63, 3.8) is 0 Å². The Morgan fingerprint density at radius 1 is 0.791 bits per heavy atom. The Labute approximate surface area is 256 Å². The van der Waals surface area contributed by atoms with Gasteiger partial charge in [-0.3, -0.25) is 9.59 Å². The van der Waals surface area contributed by atoms with Crippen LogP contribution in [0.15, 0.2) is 5.11 Å². The molecule has 2 fully saturated rings. The second kappa shape index (κ2) is 18.4. The van der Waals surface area contributed by atoms with Crippen LogP contribution in [0.1, 0.15) is 101 Å². The van der Waals surface area contributed by atoms with E-state index in [-0.39, 0.29) is 49.3 Å². The van der Waals surface area contributed by atoms with Crippen molar-refractivity contribution >= 4 is 24.1 Å². The molecule has 2 rings (SSSR count). The lowest BCUT2D eigenvalue weighted by Gasteiger charge is -2.34. The molecular formula is C29H54N6O8. The topological polar surface area (TPSA) is 204 Å². The molecule has 0 aliphatic heterocycles. The van der Waals surface area contributed by atoms with Gasteiger partial charge in [0, 0.05) is 23.0 Å². The summed E-state index contributed by atoms with van der Waals surface area (Å²) in [6.45, 7) is 14.9. The van der Waals surface area contributed by atoms with Crippen LogP contribution in [0, 0.1) is 11.8 Å². The molecule has 14 heteroatoms. The van der Waals surface area contributed by atoms with Gasteiger partial charge < -0.3 is 35.3 Å². The van der Waals surface area contributed by atoms with E-state index in [2.05, 4.69) is 20.7 Å². The lowest BCUT2D eigenvalue weighted by Crippen LogP contribution is -2.53. The van der Waals surface area contributed by atoms with Crippen LogP contribution in [-0.2, 0) is 28.5 Å². The van der Waals surface area contributed by atoms with E-state index in [1.807, 2.05) is 0 Å². The highest BCUT2D eigenvalue weighted by molar-refractivity contribution is 5.74. The number of hydrogen-bond donors (Lipinski definition) is 3.